The van der Waals surface area contributed by atoms with Crippen molar-refractivity contribution in [3.05, 3.63) is 36.2 Å². The summed E-state index contributed by atoms with van der Waals surface area (Å²) in [7, 11) is 0. The summed E-state index contributed by atoms with van der Waals surface area (Å²) < 4.78 is 0. The van der Waals surface area contributed by atoms with Crippen LogP contribution in [0.25, 0.3) is 0 Å². The highest BCUT2D eigenvalue weighted by atomic mass is 14.9. The molecule has 1 nitrogen and oxygen atoms in total. The molecule has 1 heteroatoms. The first-order valence-corrected chi connectivity index (χ1v) is 11.2. The van der Waals surface area contributed by atoms with E-state index in [0.717, 1.165) is 0 Å². The Morgan fingerprint density at radius 3 is 1.80 bits per heavy atom. The molecule has 0 bridgehead atoms. The molecule has 1 aliphatic rings. The van der Waals surface area contributed by atoms with E-state index >= 15 is 0 Å². The predicted molar refractivity (Wildman–Crippen MR) is 114 cm³/mol. The van der Waals surface area contributed by atoms with E-state index in [-0.39, 0.29) is 0 Å². The van der Waals surface area contributed by atoms with Gasteiger partial charge in [-0.05, 0) is 30.9 Å². The van der Waals surface area contributed by atoms with Gasteiger partial charge in [0.05, 0.1) is 0 Å². The van der Waals surface area contributed by atoms with E-state index < -0.39 is 0 Å². The molecule has 0 aromatic rings. The molecule has 1 aliphatic heterocycles. The molecular formula is C24H43N. The van der Waals surface area contributed by atoms with Crippen LogP contribution < -0.4 is 5.32 Å². The minimum atomic E-state index is 0.695. The van der Waals surface area contributed by atoms with Gasteiger partial charge in [-0.3, -0.25) is 0 Å². The second kappa shape index (κ2) is 16.5. The molecule has 0 fully saturated rings. The van der Waals surface area contributed by atoms with Crippen molar-refractivity contribution in [2.45, 2.75) is 110 Å². The highest BCUT2D eigenvalue weighted by Crippen LogP contribution is 2.22. The lowest BCUT2D eigenvalue weighted by molar-refractivity contribution is 0.473. The largest absolute Gasteiger partial charge is 0.365 e. The summed E-state index contributed by atoms with van der Waals surface area (Å²) in [5.74, 6) is 0.695. The second-order valence-corrected chi connectivity index (χ2v) is 7.65. The van der Waals surface area contributed by atoms with Crippen LogP contribution in [0.2, 0.25) is 0 Å². The minimum Gasteiger partial charge on any atom is -0.365 e. The summed E-state index contributed by atoms with van der Waals surface area (Å²) in [5, 5.41) is 3.45. The first kappa shape index (κ1) is 22.1. The van der Waals surface area contributed by atoms with Crippen LogP contribution in [0.5, 0.6) is 0 Å². The van der Waals surface area contributed by atoms with Gasteiger partial charge in [0.15, 0.2) is 0 Å². The van der Waals surface area contributed by atoms with Crippen LogP contribution in [-0.2, 0) is 0 Å². The summed E-state index contributed by atoms with van der Waals surface area (Å²) >= 11 is 0. The van der Waals surface area contributed by atoms with Crippen molar-refractivity contribution in [2.24, 2.45) is 5.92 Å². The maximum atomic E-state index is 3.45. The Morgan fingerprint density at radius 2 is 1.24 bits per heavy atom. The van der Waals surface area contributed by atoms with Crippen LogP contribution in [-0.4, -0.2) is 0 Å². The van der Waals surface area contributed by atoms with E-state index in [4.69, 9.17) is 0 Å². The normalized spacial score (nSPS) is 14.9. The van der Waals surface area contributed by atoms with E-state index in [1.165, 1.54) is 102 Å². The molecule has 0 aromatic heterocycles. The quantitative estimate of drug-likeness (QED) is 0.279. The van der Waals surface area contributed by atoms with E-state index in [1.54, 1.807) is 0 Å². The van der Waals surface area contributed by atoms with E-state index in [9.17, 15) is 0 Å². The Bertz CT molecular complexity index is 378. The molecule has 0 aromatic carbocycles. The van der Waals surface area contributed by atoms with Gasteiger partial charge >= 0.3 is 0 Å². The summed E-state index contributed by atoms with van der Waals surface area (Å²) in [5.41, 5.74) is 1.39. The monoisotopic (exact) mass is 345 g/mol. The smallest absolute Gasteiger partial charge is 0.0177 e. The molecule has 0 amide bonds. The van der Waals surface area contributed by atoms with Crippen LogP contribution in [0.4, 0.5) is 0 Å². The van der Waals surface area contributed by atoms with E-state index in [2.05, 4.69) is 49.7 Å². The Morgan fingerprint density at radius 1 is 0.680 bits per heavy atom. The second-order valence-electron chi connectivity index (χ2n) is 7.65. The lowest BCUT2D eigenvalue weighted by Crippen LogP contribution is -2.14. The topological polar surface area (TPSA) is 12.0 Å². The molecule has 0 saturated heterocycles. The van der Waals surface area contributed by atoms with Crippen LogP contribution in [0.3, 0.4) is 0 Å². The molecule has 1 N–H and O–H groups in total. The zero-order chi connectivity index (χ0) is 18.0. The predicted octanol–water partition coefficient (Wildman–Crippen LogP) is 8.05. The van der Waals surface area contributed by atoms with Crippen molar-refractivity contribution in [1.82, 2.24) is 5.32 Å². The van der Waals surface area contributed by atoms with Gasteiger partial charge in [-0.1, -0.05) is 109 Å². The Hall–Kier alpha value is -0.980. The molecule has 0 aliphatic carbocycles. The van der Waals surface area contributed by atoms with Crippen molar-refractivity contribution >= 4 is 0 Å². The average Bonchev–Trinajstić information content (AvgIpc) is 2.91. The Labute approximate surface area is 158 Å². The molecule has 1 heterocycles. The fraction of sp³-hybridized carbons (Fsp3) is 0.750. The average molecular weight is 346 g/mol. The van der Waals surface area contributed by atoms with Gasteiger partial charge in [-0.2, -0.15) is 0 Å². The number of unbranched alkanes of at least 4 members (excludes halogenated alkanes) is 12. The van der Waals surface area contributed by atoms with Crippen LogP contribution >= 0.6 is 0 Å². The highest BCUT2D eigenvalue weighted by Gasteiger charge is 2.11. The molecule has 25 heavy (non-hydrogen) atoms. The zero-order valence-electron chi connectivity index (χ0n) is 17.1. The van der Waals surface area contributed by atoms with Gasteiger partial charge in [-0.15, -0.1) is 0 Å². The molecule has 1 atom stereocenters. The van der Waals surface area contributed by atoms with Gasteiger partial charge in [0.25, 0.3) is 0 Å². The molecule has 1 unspecified atom stereocenters. The first-order chi connectivity index (χ1) is 12.4. The summed E-state index contributed by atoms with van der Waals surface area (Å²) in [6.07, 6.45) is 31.9. The third kappa shape index (κ3) is 12.1. The van der Waals surface area contributed by atoms with Gasteiger partial charge in [0, 0.05) is 11.9 Å². The zero-order valence-corrected chi connectivity index (χ0v) is 17.1. The lowest BCUT2D eigenvalue weighted by Gasteiger charge is -2.18. The standard InChI is InChI=1S/C24H43N/c1-3-5-6-7-8-9-10-11-12-13-14-15-17-20-23(4-2)24-21-18-16-19-22-25-24/h16,18-19,21-23,25H,3-15,17,20H2,1-2H3. The van der Waals surface area contributed by atoms with Gasteiger partial charge < -0.3 is 5.32 Å². The molecule has 0 saturated carbocycles. The van der Waals surface area contributed by atoms with Crippen molar-refractivity contribution < 1.29 is 0 Å². The minimum absolute atomic E-state index is 0.695. The SMILES string of the molecule is CCCCCCCCCCCCCCCC(CC)C1=CC=CC=CN1. The Balaban J connectivity index is 1.91. The van der Waals surface area contributed by atoms with Crippen LogP contribution in [0, 0.1) is 5.92 Å². The highest BCUT2D eigenvalue weighted by molar-refractivity contribution is 5.22. The molecule has 1 rings (SSSR count). The van der Waals surface area contributed by atoms with E-state index in [1.807, 2.05) is 0 Å². The first-order valence-electron chi connectivity index (χ1n) is 11.2. The van der Waals surface area contributed by atoms with Gasteiger partial charge in [-0.25, -0.2) is 0 Å². The van der Waals surface area contributed by atoms with E-state index in [0.29, 0.717) is 5.92 Å². The summed E-state index contributed by atoms with van der Waals surface area (Å²) in [4.78, 5) is 0. The number of hydrogen-bond acceptors (Lipinski definition) is 1. The lowest BCUT2D eigenvalue weighted by atomic mass is 9.94. The Kier molecular flexibility index (Phi) is 14.5. The summed E-state index contributed by atoms with van der Waals surface area (Å²) in [6, 6.07) is 0. The van der Waals surface area contributed by atoms with Gasteiger partial charge in [0.1, 0.15) is 0 Å². The molecule has 0 radical (unpaired) electrons. The molecule has 0 spiro atoms. The van der Waals surface area contributed by atoms with Crippen LogP contribution in [0.15, 0.2) is 36.2 Å². The molecular weight excluding hydrogens is 302 g/mol. The number of rotatable bonds is 16. The maximum Gasteiger partial charge on any atom is 0.0177 e. The van der Waals surface area contributed by atoms with Gasteiger partial charge in [0.2, 0.25) is 0 Å². The number of hydrogen-bond donors (Lipinski definition) is 1. The number of allylic oxidation sites excluding steroid dienone is 5. The maximum absolute atomic E-state index is 3.45. The fourth-order valence-corrected chi connectivity index (χ4v) is 3.71. The number of nitrogens with one attached hydrogen (secondary N) is 1. The van der Waals surface area contributed by atoms with Crippen molar-refractivity contribution in [3.63, 3.8) is 0 Å². The van der Waals surface area contributed by atoms with Crippen LogP contribution in [0.1, 0.15) is 110 Å². The third-order valence-electron chi connectivity index (χ3n) is 5.43. The summed E-state index contributed by atoms with van der Waals surface area (Å²) in [6.45, 7) is 4.61. The van der Waals surface area contributed by atoms with Crippen molar-refractivity contribution in [2.75, 3.05) is 0 Å². The fourth-order valence-electron chi connectivity index (χ4n) is 3.71. The molecule has 144 valence electrons. The van der Waals surface area contributed by atoms with Crippen molar-refractivity contribution in [3.8, 4) is 0 Å². The van der Waals surface area contributed by atoms with Crippen molar-refractivity contribution in [1.29, 1.82) is 0 Å². The third-order valence-corrected chi connectivity index (χ3v) is 5.43.